The van der Waals surface area contributed by atoms with Gasteiger partial charge in [-0.05, 0) is 61.2 Å². The first-order valence-electron chi connectivity index (χ1n) is 10.9. The van der Waals surface area contributed by atoms with Gasteiger partial charge in [-0.1, -0.05) is 60.4 Å². The van der Waals surface area contributed by atoms with E-state index in [0.717, 1.165) is 5.56 Å². The van der Waals surface area contributed by atoms with Crippen LogP contribution < -0.4 is 10.6 Å². The van der Waals surface area contributed by atoms with Gasteiger partial charge in [0.1, 0.15) is 0 Å². The summed E-state index contributed by atoms with van der Waals surface area (Å²) in [7, 11) is 1.81. The molecule has 0 saturated carbocycles. The summed E-state index contributed by atoms with van der Waals surface area (Å²) >= 11 is 19.4. The van der Waals surface area contributed by atoms with E-state index in [1.165, 1.54) is 17.8 Å². The monoisotopic (exact) mass is 553 g/mol. The number of carbonyl (C=O) groups is 2. The lowest BCUT2D eigenvalue weighted by atomic mass is 10.0. The summed E-state index contributed by atoms with van der Waals surface area (Å²) in [5.41, 5.74) is 1.92. The molecule has 0 spiro atoms. The molecular weight excluding hydrogens is 529 g/mol. The maximum atomic E-state index is 12.9. The molecule has 0 aliphatic carbocycles. The molecule has 0 radical (unpaired) electrons. The average molecular weight is 555 g/mol. The van der Waals surface area contributed by atoms with Crippen LogP contribution in [0.1, 0.15) is 48.1 Å². The van der Waals surface area contributed by atoms with Crippen LogP contribution in [0.3, 0.4) is 0 Å². The first kappa shape index (κ1) is 27.3. The molecule has 2 N–H and O–H groups in total. The number of aryl methyl sites for hydroxylation is 1. The van der Waals surface area contributed by atoms with E-state index in [-0.39, 0.29) is 28.5 Å². The van der Waals surface area contributed by atoms with E-state index >= 15 is 0 Å². The van der Waals surface area contributed by atoms with Crippen molar-refractivity contribution in [2.75, 3.05) is 11.1 Å². The molecule has 0 unspecified atom stereocenters. The van der Waals surface area contributed by atoms with Crippen molar-refractivity contribution in [3.05, 3.63) is 68.4 Å². The highest BCUT2D eigenvalue weighted by molar-refractivity contribution is 7.99. The van der Waals surface area contributed by atoms with Crippen molar-refractivity contribution in [3.63, 3.8) is 0 Å². The fourth-order valence-corrected chi connectivity index (χ4v) is 4.89. The van der Waals surface area contributed by atoms with Crippen LogP contribution in [0.25, 0.3) is 0 Å². The van der Waals surface area contributed by atoms with Crippen molar-refractivity contribution in [3.8, 4) is 0 Å². The number of nitrogens with zero attached hydrogens (tertiary/aromatic N) is 3. The average Bonchev–Trinajstić information content (AvgIpc) is 3.13. The number of thioether (sulfide) groups is 1. The Morgan fingerprint density at radius 3 is 2.40 bits per heavy atom. The largest absolute Gasteiger partial charge is 0.342 e. The molecule has 1 aromatic heterocycles. The third kappa shape index (κ3) is 7.36. The van der Waals surface area contributed by atoms with E-state index in [0.29, 0.717) is 38.7 Å². The van der Waals surface area contributed by atoms with Crippen molar-refractivity contribution in [1.82, 2.24) is 20.1 Å². The SMILES string of the molecule is Cc1cc(Cl)ccc1NC(=O)CSc1nnc([C@@H](CC(C)C)NC(=O)c2ccc(Cl)cc2Cl)n1C. The smallest absolute Gasteiger partial charge is 0.253 e. The van der Waals surface area contributed by atoms with Gasteiger partial charge in [0.15, 0.2) is 11.0 Å². The lowest BCUT2D eigenvalue weighted by molar-refractivity contribution is -0.113. The number of halogens is 3. The summed E-state index contributed by atoms with van der Waals surface area (Å²) < 4.78 is 1.79. The van der Waals surface area contributed by atoms with Gasteiger partial charge < -0.3 is 15.2 Å². The Bertz CT molecular complexity index is 1230. The van der Waals surface area contributed by atoms with Crippen LogP contribution in [-0.4, -0.2) is 32.3 Å². The molecule has 3 rings (SSSR count). The van der Waals surface area contributed by atoms with Gasteiger partial charge >= 0.3 is 0 Å². The van der Waals surface area contributed by atoms with Crippen LogP contribution in [0, 0.1) is 12.8 Å². The van der Waals surface area contributed by atoms with Crippen molar-refractivity contribution in [2.45, 2.75) is 38.4 Å². The number of aromatic nitrogens is 3. The zero-order valence-corrected chi connectivity index (χ0v) is 22.8. The quantitative estimate of drug-likeness (QED) is 0.302. The topological polar surface area (TPSA) is 88.9 Å². The zero-order valence-electron chi connectivity index (χ0n) is 19.7. The van der Waals surface area contributed by atoms with Crippen LogP contribution in [0.5, 0.6) is 0 Å². The fraction of sp³-hybridized carbons (Fsp3) is 0.333. The Kier molecular flexibility index (Phi) is 9.47. The first-order valence-corrected chi connectivity index (χ1v) is 13.0. The fourth-order valence-electron chi connectivity index (χ4n) is 3.45. The minimum atomic E-state index is -0.397. The van der Waals surface area contributed by atoms with Crippen LogP contribution >= 0.6 is 46.6 Å². The molecule has 0 fully saturated rings. The van der Waals surface area contributed by atoms with Crippen LogP contribution in [0.15, 0.2) is 41.6 Å². The van der Waals surface area contributed by atoms with Gasteiger partial charge in [0, 0.05) is 22.8 Å². The number of hydrogen-bond acceptors (Lipinski definition) is 5. The third-order valence-electron chi connectivity index (χ3n) is 5.16. The van der Waals surface area contributed by atoms with Crippen molar-refractivity contribution < 1.29 is 9.59 Å². The standard InChI is InChI=1S/C24H26Cl3N5O2S/c1-13(2)9-20(29-23(34)17-7-5-16(26)11-18(17)27)22-30-31-24(32(22)4)35-12-21(33)28-19-8-6-15(25)10-14(19)3/h5-8,10-11,13,20H,9,12H2,1-4H3,(H,28,33)(H,29,34)/t20-/m1/s1. The molecule has 186 valence electrons. The predicted molar refractivity (Wildman–Crippen MR) is 143 cm³/mol. The lowest BCUT2D eigenvalue weighted by Gasteiger charge is -2.20. The summed E-state index contributed by atoms with van der Waals surface area (Å²) in [6.45, 7) is 6.00. The summed E-state index contributed by atoms with van der Waals surface area (Å²) in [5.74, 6) is 0.521. The van der Waals surface area contributed by atoms with E-state index in [4.69, 9.17) is 34.8 Å². The van der Waals surface area contributed by atoms with Gasteiger partial charge in [-0.25, -0.2) is 0 Å². The Labute approximate surface area is 223 Å². The van der Waals surface area contributed by atoms with Gasteiger partial charge in [0.05, 0.1) is 22.4 Å². The molecular formula is C24H26Cl3N5O2S. The molecule has 3 aromatic rings. The summed E-state index contributed by atoms with van der Waals surface area (Å²) in [6.07, 6.45) is 0.643. The third-order valence-corrected chi connectivity index (χ3v) is 6.97. The second kappa shape index (κ2) is 12.1. The highest BCUT2D eigenvalue weighted by Gasteiger charge is 2.24. The summed E-state index contributed by atoms with van der Waals surface area (Å²) in [6, 6.07) is 9.63. The van der Waals surface area contributed by atoms with E-state index in [9.17, 15) is 9.59 Å². The molecule has 0 bridgehead atoms. The normalized spacial score (nSPS) is 12.0. The first-order chi connectivity index (χ1) is 16.5. The molecule has 0 saturated heterocycles. The number of amides is 2. The van der Waals surface area contributed by atoms with Crippen molar-refractivity contribution >= 4 is 64.1 Å². The number of nitrogens with one attached hydrogen (secondary N) is 2. The van der Waals surface area contributed by atoms with Gasteiger partial charge in [0.25, 0.3) is 5.91 Å². The van der Waals surface area contributed by atoms with E-state index < -0.39 is 6.04 Å². The van der Waals surface area contributed by atoms with Crippen molar-refractivity contribution in [1.29, 1.82) is 0 Å². The lowest BCUT2D eigenvalue weighted by Crippen LogP contribution is -2.31. The molecule has 1 heterocycles. The number of carbonyl (C=O) groups excluding carboxylic acids is 2. The maximum Gasteiger partial charge on any atom is 0.253 e. The zero-order chi connectivity index (χ0) is 25.7. The maximum absolute atomic E-state index is 12.9. The summed E-state index contributed by atoms with van der Waals surface area (Å²) in [4.78, 5) is 25.4. The highest BCUT2D eigenvalue weighted by Crippen LogP contribution is 2.26. The van der Waals surface area contributed by atoms with Gasteiger partial charge in [-0.3, -0.25) is 9.59 Å². The molecule has 1 atom stereocenters. The Hall–Kier alpha value is -2.26. The molecule has 7 nitrogen and oxygen atoms in total. The van der Waals surface area contributed by atoms with Crippen molar-refractivity contribution in [2.24, 2.45) is 13.0 Å². The van der Waals surface area contributed by atoms with Crippen LogP contribution in [0.2, 0.25) is 15.1 Å². The van der Waals surface area contributed by atoms with Gasteiger partial charge in [0.2, 0.25) is 5.91 Å². The minimum Gasteiger partial charge on any atom is -0.342 e. The molecule has 0 aliphatic heterocycles. The van der Waals surface area contributed by atoms with E-state index in [2.05, 4.69) is 34.7 Å². The van der Waals surface area contributed by atoms with E-state index in [1.807, 2.05) is 14.0 Å². The number of rotatable bonds is 9. The number of hydrogen-bond donors (Lipinski definition) is 2. The second-order valence-electron chi connectivity index (χ2n) is 8.48. The molecule has 35 heavy (non-hydrogen) atoms. The Balaban J connectivity index is 1.70. The second-order valence-corrected chi connectivity index (χ2v) is 10.7. The van der Waals surface area contributed by atoms with Gasteiger partial charge in [-0.2, -0.15) is 0 Å². The molecule has 2 amide bonds. The Morgan fingerprint density at radius 1 is 1.06 bits per heavy atom. The number of anilines is 1. The highest BCUT2D eigenvalue weighted by atomic mass is 35.5. The molecule has 2 aromatic carbocycles. The van der Waals surface area contributed by atoms with Crippen LogP contribution in [-0.2, 0) is 11.8 Å². The minimum absolute atomic E-state index is 0.148. The van der Waals surface area contributed by atoms with E-state index in [1.54, 1.807) is 34.9 Å². The Morgan fingerprint density at radius 2 is 1.74 bits per heavy atom. The number of benzene rings is 2. The predicted octanol–water partition coefficient (Wildman–Crippen LogP) is 6.33. The van der Waals surface area contributed by atoms with Gasteiger partial charge in [-0.15, -0.1) is 10.2 Å². The molecule has 0 aliphatic rings. The summed E-state index contributed by atoms with van der Waals surface area (Å²) in [5, 5.41) is 16.4. The molecule has 11 heteroatoms. The van der Waals surface area contributed by atoms with Crippen LogP contribution in [0.4, 0.5) is 5.69 Å².